The number of hydrogen-bond acceptors (Lipinski definition) is 3. The van der Waals surface area contributed by atoms with Crippen molar-refractivity contribution in [2.45, 2.75) is 70.3 Å². The third kappa shape index (κ3) is 8.43. The first-order valence-electron chi connectivity index (χ1n) is 9.83. The smallest absolute Gasteiger partial charge is 0.191 e. The van der Waals surface area contributed by atoms with Crippen LogP contribution in [0.4, 0.5) is 0 Å². The Hall–Kier alpha value is -0.0800. The molecular formula is C19H38IN3O2. The molecule has 0 spiro atoms. The van der Waals surface area contributed by atoms with Crippen molar-refractivity contribution in [3.05, 3.63) is 0 Å². The monoisotopic (exact) mass is 467 g/mol. The molecule has 25 heavy (non-hydrogen) atoms. The van der Waals surface area contributed by atoms with Gasteiger partial charge in [0, 0.05) is 33.9 Å². The van der Waals surface area contributed by atoms with E-state index in [9.17, 15) is 0 Å². The summed E-state index contributed by atoms with van der Waals surface area (Å²) in [5.74, 6) is 0.892. The third-order valence-corrected chi connectivity index (χ3v) is 5.66. The minimum Gasteiger partial charge on any atom is -0.385 e. The molecule has 0 unspecified atom stereocenters. The van der Waals surface area contributed by atoms with Gasteiger partial charge < -0.3 is 20.1 Å². The molecule has 0 saturated heterocycles. The van der Waals surface area contributed by atoms with E-state index in [0.29, 0.717) is 11.5 Å². The molecule has 5 nitrogen and oxygen atoms in total. The average Bonchev–Trinajstić information content (AvgIpc) is 2.84. The van der Waals surface area contributed by atoms with Crippen LogP contribution in [0, 0.1) is 5.41 Å². The summed E-state index contributed by atoms with van der Waals surface area (Å²) in [7, 11) is 3.62. The second kappa shape index (κ2) is 13.1. The number of nitrogens with one attached hydrogen (secondary N) is 2. The Morgan fingerprint density at radius 1 is 1.04 bits per heavy atom. The maximum absolute atomic E-state index is 6.03. The maximum Gasteiger partial charge on any atom is 0.191 e. The summed E-state index contributed by atoms with van der Waals surface area (Å²) < 4.78 is 11.3. The minimum atomic E-state index is 0. The quantitative estimate of drug-likeness (QED) is 0.179. The number of guanidine groups is 1. The lowest BCUT2D eigenvalue weighted by Crippen LogP contribution is -2.47. The first kappa shape index (κ1) is 23.0. The van der Waals surface area contributed by atoms with Gasteiger partial charge in [-0.05, 0) is 37.5 Å². The van der Waals surface area contributed by atoms with E-state index in [-0.39, 0.29) is 24.0 Å². The highest BCUT2D eigenvalue weighted by Gasteiger charge is 2.36. The van der Waals surface area contributed by atoms with Crippen molar-refractivity contribution >= 4 is 29.9 Å². The molecule has 2 rings (SSSR count). The van der Waals surface area contributed by atoms with Crippen LogP contribution in [0.2, 0.25) is 0 Å². The Morgan fingerprint density at radius 2 is 1.76 bits per heavy atom. The highest BCUT2D eigenvalue weighted by Crippen LogP contribution is 2.43. The number of rotatable bonds is 9. The molecule has 0 aromatic heterocycles. The van der Waals surface area contributed by atoms with Gasteiger partial charge in [-0.15, -0.1) is 24.0 Å². The van der Waals surface area contributed by atoms with Crippen LogP contribution in [0.15, 0.2) is 4.99 Å². The largest absolute Gasteiger partial charge is 0.385 e. The highest BCUT2D eigenvalue weighted by atomic mass is 127. The van der Waals surface area contributed by atoms with Crippen LogP contribution in [0.1, 0.15) is 64.2 Å². The van der Waals surface area contributed by atoms with Crippen molar-refractivity contribution in [3.63, 3.8) is 0 Å². The van der Waals surface area contributed by atoms with Crippen LogP contribution >= 0.6 is 24.0 Å². The SMILES string of the molecule is CN=C(NCCOC1CCCCCC1)NCC1(CCOC)CCC1.I. The standard InChI is InChI=1S/C19H37N3O2.HI/c1-20-18(22-16-19(10-7-11-19)12-14-23-2)21-13-15-24-17-8-5-3-4-6-9-17;/h17H,3-16H2,1-2H3,(H2,20,21,22);1H. The van der Waals surface area contributed by atoms with Crippen molar-refractivity contribution in [3.8, 4) is 0 Å². The van der Waals surface area contributed by atoms with Crippen molar-refractivity contribution in [2.24, 2.45) is 10.4 Å². The van der Waals surface area contributed by atoms with E-state index in [0.717, 1.165) is 38.7 Å². The van der Waals surface area contributed by atoms with Crippen LogP contribution in [-0.2, 0) is 9.47 Å². The van der Waals surface area contributed by atoms with Gasteiger partial charge in [-0.3, -0.25) is 4.99 Å². The molecule has 2 aliphatic carbocycles. The molecule has 0 aliphatic heterocycles. The van der Waals surface area contributed by atoms with E-state index < -0.39 is 0 Å². The average molecular weight is 467 g/mol. The van der Waals surface area contributed by atoms with Gasteiger partial charge in [-0.2, -0.15) is 0 Å². The number of aliphatic imine (C=N–C) groups is 1. The molecule has 0 aromatic carbocycles. The van der Waals surface area contributed by atoms with E-state index in [1.165, 1.54) is 57.8 Å². The Bertz CT molecular complexity index is 368. The van der Waals surface area contributed by atoms with Gasteiger partial charge in [0.1, 0.15) is 0 Å². The Labute approximate surface area is 171 Å². The maximum atomic E-state index is 6.03. The van der Waals surface area contributed by atoms with Crippen LogP contribution in [0.5, 0.6) is 0 Å². The van der Waals surface area contributed by atoms with Crippen LogP contribution in [-0.4, -0.2) is 52.5 Å². The van der Waals surface area contributed by atoms with Crippen molar-refractivity contribution in [2.75, 3.05) is 40.5 Å². The van der Waals surface area contributed by atoms with Crippen molar-refractivity contribution in [1.82, 2.24) is 10.6 Å². The van der Waals surface area contributed by atoms with Crippen LogP contribution in [0.25, 0.3) is 0 Å². The fourth-order valence-electron chi connectivity index (χ4n) is 3.81. The Morgan fingerprint density at radius 3 is 2.32 bits per heavy atom. The zero-order valence-corrected chi connectivity index (χ0v) is 18.5. The first-order chi connectivity index (χ1) is 11.8. The fourth-order valence-corrected chi connectivity index (χ4v) is 3.81. The molecule has 2 N–H and O–H groups in total. The van der Waals surface area contributed by atoms with Crippen molar-refractivity contribution < 1.29 is 9.47 Å². The highest BCUT2D eigenvalue weighted by molar-refractivity contribution is 14.0. The number of halogens is 1. The van der Waals surface area contributed by atoms with Gasteiger partial charge in [0.25, 0.3) is 0 Å². The van der Waals surface area contributed by atoms with E-state index in [1.807, 2.05) is 7.05 Å². The molecule has 0 heterocycles. The lowest BCUT2D eigenvalue weighted by atomic mass is 9.67. The topological polar surface area (TPSA) is 54.9 Å². The molecule has 2 fully saturated rings. The van der Waals surface area contributed by atoms with Gasteiger partial charge in [0.2, 0.25) is 0 Å². The van der Waals surface area contributed by atoms with E-state index in [4.69, 9.17) is 9.47 Å². The lowest BCUT2D eigenvalue weighted by molar-refractivity contribution is 0.0466. The number of methoxy groups -OCH3 is 1. The van der Waals surface area contributed by atoms with E-state index >= 15 is 0 Å². The number of nitrogens with zero attached hydrogens (tertiary/aromatic N) is 1. The number of ether oxygens (including phenoxy) is 2. The fraction of sp³-hybridized carbons (Fsp3) is 0.947. The molecular weight excluding hydrogens is 429 g/mol. The summed E-state index contributed by atoms with van der Waals surface area (Å²) >= 11 is 0. The van der Waals surface area contributed by atoms with Gasteiger partial charge >= 0.3 is 0 Å². The molecule has 0 atom stereocenters. The van der Waals surface area contributed by atoms with Gasteiger partial charge in [0.15, 0.2) is 5.96 Å². The Balaban J connectivity index is 0.00000312. The molecule has 0 aromatic rings. The van der Waals surface area contributed by atoms with Gasteiger partial charge in [-0.1, -0.05) is 32.1 Å². The van der Waals surface area contributed by atoms with Gasteiger partial charge in [0.05, 0.1) is 12.7 Å². The molecule has 0 bridgehead atoms. The normalized spacial score (nSPS) is 21.0. The van der Waals surface area contributed by atoms with Crippen molar-refractivity contribution in [1.29, 1.82) is 0 Å². The molecule has 0 amide bonds. The zero-order valence-electron chi connectivity index (χ0n) is 16.1. The summed E-state index contributed by atoms with van der Waals surface area (Å²) in [5, 5.41) is 6.88. The van der Waals surface area contributed by atoms with E-state index in [1.54, 1.807) is 7.11 Å². The van der Waals surface area contributed by atoms with Gasteiger partial charge in [-0.25, -0.2) is 0 Å². The first-order valence-corrected chi connectivity index (χ1v) is 9.83. The second-order valence-corrected chi connectivity index (χ2v) is 7.43. The number of hydrogen-bond donors (Lipinski definition) is 2. The summed E-state index contributed by atoms with van der Waals surface area (Å²) in [6.45, 7) is 3.42. The summed E-state index contributed by atoms with van der Waals surface area (Å²) in [5.41, 5.74) is 0.407. The summed E-state index contributed by atoms with van der Waals surface area (Å²) in [6.07, 6.45) is 13.4. The summed E-state index contributed by atoms with van der Waals surface area (Å²) in [4.78, 5) is 4.34. The molecule has 2 saturated carbocycles. The van der Waals surface area contributed by atoms with Crippen LogP contribution < -0.4 is 10.6 Å². The lowest BCUT2D eigenvalue weighted by Gasteiger charge is -2.42. The summed E-state index contributed by atoms with van der Waals surface area (Å²) in [6, 6.07) is 0. The Kier molecular flexibility index (Phi) is 12.1. The van der Waals surface area contributed by atoms with Crippen LogP contribution in [0.3, 0.4) is 0 Å². The molecule has 148 valence electrons. The van der Waals surface area contributed by atoms with E-state index in [2.05, 4.69) is 15.6 Å². The predicted molar refractivity (Wildman–Crippen MR) is 115 cm³/mol. The molecule has 0 radical (unpaired) electrons. The predicted octanol–water partition coefficient (Wildman–Crippen LogP) is 3.72. The molecule has 2 aliphatic rings. The zero-order chi connectivity index (χ0) is 17.1. The second-order valence-electron chi connectivity index (χ2n) is 7.43. The third-order valence-electron chi connectivity index (χ3n) is 5.66. The minimum absolute atomic E-state index is 0. The molecule has 6 heteroatoms.